The van der Waals surface area contributed by atoms with Crippen LogP contribution < -0.4 is 0 Å². The zero-order valence-corrected chi connectivity index (χ0v) is 11.7. The van der Waals surface area contributed by atoms with Crippen LogP contribution in [0.2, 0.25) is 5.02 Å². The first-order valence-electron chi connectivity index (χ1n) is 6.83. The van der Waals surface area contributed by atoms with E-state index in [2.05, 4.69) is 19.1 Å². The van der Waals surface area contributed by atoms with Gasteiger partial charge in [-0.3, -0.25) is 0 Å². The van der Waals surface area contributed by atoms with Crippen LogP contribution in [0.1, 0.15) is 44.6 Å². The number of nitriles is 1. The van der Waals surface area contributed by atoms with Crippen LogP contribution in [-0.2, 0) is 6.42 Å². The molecule has 1 fully saturated rings. The summed E-state index contributed by atoms with van der Waals surface area (Å²) < 4.78 is 0. The minimum Gasteiger partial charge on any atom is -0.198 e. The van der Waals surface area contributed by atoms with E-state index in [-0.39, 0.29) is 5.41 Å². The van der Waals surface area contributed by atoms with Crippen molar-refractivity contribution in [1.29, 1.82) is 5.26 Å². The van der Waals surface area contributed by atoms with E-state index in [4.69, 9.17) is 11.6 Å². The van der Waals surface area contributed by atoms with E-state index in [9.17, 15) is 5.26 Å². The molecule has 0 aliphatic heterocycles. The Morgan fingerprint density at radius 1 is 1.39 bits per heavy atom. The molecule has 1 nitrogen and oxygen atoms in total. The first-order chi connectivity index (χ1) is 8.67. The quantitative estimate of drug-likeness (QED) is 0.752. The Hall–Kier alpha value is -1.00. The standard InChI is InChI=1S/C16H20ClN/c1-2-13-6-8-16(12-18,9-7-13)11-14-4-3-5-15(17)10-14/h3-5,10,13H,2,6-9,11H2,1H3. The SMILES string of the molecule is CCC1CCC(C#N)(Cc2cccc(Cl)c2)CC1. The first kappa shape index (κ1) is 13.4. The summed E-state index contributed by atoms with van der Waals surface area (Å²) in [5, 5.41) is 10.3. The molecule has 1 aromatic rings. The average Bonchev–Trinajstić information content (AvgIpc) is 2.39. The Labute approximate surface area is 115 Å². The lowest BCUT2D eigenvalue weighted by atomic mass is 9.68. The van der Waals surface area contributed by atoms with Gasteiger partial charge in [0.15, 0.2) is 0 Å². The van der Waals surface area contributed by atoms with Crippen LogP contribution in [0, 0.1) is 22.7 Å². The van der Waals surface area contributed by atoms with Gasteiger partial charge >= 0.3 is 0 Å². The summed E-state index contributed by atoms with van der Waals surface area (Å²) >= 11 is 6.01. The maximum absolute atomic E-state index is 9.55. The third kappa shape index (κ3) is 3.06. The van der Waals surface area contributed by atoms with Gasteiger partial charge < -0.3 is 0 Å². The molecule has 0 bridgehead atoms. The van der Waals surface area contributed by atoms with Gasteiger partial charge in [0.2, 0.25) is 0 Å². The van der Waals surface area contributed by atoms with Crippen LogP contribution in [0.5, 0.6) is 0 Å². The normalized spacial score (nSPS) is 27.7. The van der Waals surface area contributed by atoms with Crippen molar-refractivity contribution in [2.24, 2.45) is 11.3 Å². The molecule has 18 heavy (non-hydrogen) atoms. The van der Waals surface area contributed by atoms with Crippen molar-refractivity contribution >= 4 is 11.6 Å². The van der Waals surface area contributed by atoms with E-state index in [1.165, 1.54) is 24.8 Å². The molecule has 0 radical (unpaired) electrons. The van der Waals surface area contributed by atoms with Crippen LogP contribution in [0.25, 0.3) is 0 Å². The molecule has 1 aromatic carbocycles. The lowest BCUT2D eigenvalue weighted by molar-refractivity contribution is 0.205. The summed E-state index contributed by atoms with van der Waals surface area (Å²) in [6.07, 6.45) is 6.57. The zero-order valence-electron chi connectivity index (χ0n) is 11.0. The zero-order chi connectivity index (χ0) is 13.0. The van der Waals surface area contributed by atoms with Gasteiger partial charge in [0.1, 0.15) is 0 Å². The van der Waals surface area contributed by atoms with Crippen molar-refractivity contribution in [3.05, 3.63) is 34.9 Å². The summed E-state index contributed by atoms with van der Waals surface area (Å²) in [6, 6.07) is 10.5. The summed E-state index contributed by atoms with van der Waals surface area (Å²) in [6.45, 7) is 2.25. The van der Waals surface area contributed by atoms with Crippen molar-refractivity contribution in [2.45, 2.75) is 45.4 Å². The van der Waals surface area contributed by atoms with Crippen LogP contribution in [-0.4, -0.2) is 0 Å². The molecular weight excluding hydrogens is 242 g/mol. The number of benzene rings is 1. The molecule has 0 atom stereocenters. The lowest BCUT2D eigenvalue weighted by Crippen LogP contribution is -2.28. The molecule has 1 aliphatic rings. The molecule has 1 aliphatic carbocycles. The van der Waals surface area contributed by atoms with E-state index in [1.54, 1.807) is 0 Å². The molecule has 0 amide bonds. The van der Waals surface area contributed by atoms with Gasteiger partial charge in [-0.05, 0) is 55.7 Å². The Kier molecular flexibility index (Phi) is 4.30. The highest BCUT2D eigenvalue weighted by Crippen LogP contribution is 2.42. The van der Waals surface area contributed by atoms with Gasteiger partial charge in [0.25, 0.3) is 0 Å². The Morgan fingerprint density at radius 2 is 2.11 bits per heavy atom. The Bertz CT molecular complexity index is 439. The molecule has 0 heterocycles. The summed E-state index contributed by atoms with van der Waals surface area (Å²) in [5.41, 5.74) is 1.04. The second-order valence-corrected chi connectivity index (χ2v) is 5.99. The fourth-order valence-corrected chi connectivity index (χ4v) is 3.22. The third-order valence-electron chi connectivity index (χ3n) is 4.31. The molecule has 2 heteroatoms. The molecule has 0 unspecified atom stereocenters. The Morgan fingerprint density at radius 3 is 2.67 bits per heavy atom. The van der Waals surface area contributed by atoms with E-state index >= 15 is 0 Å². The molecular formula is C16H20ClN. The second kappa shape index (κ2) is 5.76. The number of hydrogen-bond donors (Lipinski definition) is 0. The highest BCUT2D eigenvalue weighted by atomic mass is 35.5. The molecule has 0 aromatic heterocycles. The molecule has 0 saturated heterocycles. The predicted molar refractivity (Wildman–Crippen MR) is 75.5 cm³/mol. The number of halogens is 1. The van der Waals surface area contributed by atoms with E-state index in [0.29, 0.717) is 0 Å². The average molecular weight is 262 g/mol. The highest BCUT2D eigenvalue weighted by molar-refractivity contribution is 6.30. The highest BCUT2D eigenvalue weighted by Gasteiger charge is 2.35. The summed E-state index contributed by atoms with van der Waals surface area (Å²) in [5.74, 6) is 0.825. The predicted octanol–water partition coefficient (Wildman–Crippen LogP) is 4.99. The van der Waals surface area contributed by atoms with Gasteiger partial charge in [-0.1, -0.05) is 37.1 Å². The van der Waals surface area contributed by atoms with Crippen molar-refractivity contribution in [3.8, 4) is 6.07 Å². The molecule has 0 spiro atoms. The second-order valence-electron chi connectivity index (χ2n) is 5.55. The topological polar surface area (TPSA) is 23.8 Å². The van der Waals surface area contributed by atoms with E-state index in [0.717, 1.165) is 30.2 Å². The Balaban J connectivity index is 2.08. The lowest BCUT2D eigenvalue weighted by Gasteiger charge is -2.34. The largest absolute Gasteiger partial charge is 0.198 e. The molecule has 96 valence electrons. The van der Waals surface area contributed by atoms with Gasteiger partial charge in [-0.25, -0.2) is 0 Å². The van der Waals surface area contributed by atoms with Crippen LogP contribution in [0.4, 0.5) is 0 Å². The number of hydrogen-bond acceptors (Lipinski definition) is 1. The monoisotopic (exact) mass is 261 g/mol. The molecule has 0 N–H and O–H groups in total. The van der Waals surface area contributed by atoms with E-state index in [1.807, 2.05) is 18.2 Å². The number of rotatable bonds is 3. The fraction of sp³-hybridized carbons (Fsp3) is 0.562. The third-order valence-corrected chi connectivity index (χ3v) is 4.54. The minimum atomic E-state index is -0.156. The maximum atomic E-state index is 9.55. The summed E-state index contributed by atoms with van der Waals surface area (Å²) in [7, 11) is 0. The van der Waals surface area contributed by atoms with Crippen LogP contribution in [0.3, 0.4) is 0 Å². The van der Waals surface area contributed by atoms with Gasteiger partial charge in [0, 0.05) is 5.02 Å². The molecule has 2 rings (SSSR count). The smallest absolute Gasteiger partial charge is 0.0693 e. The van der Waals surface area contributed by atoms with Gasteiger partial charge in [0.05, 0.1) is 11.5 Å². The van der Waals surface area contributed by atoms with Gasteiger partial charge in [-0.2, -0.15) is 5.26 Å². The van der Waals surface area contributed by atoms with Crippen LogP contribution >= 0.6 is 11.6 Å². The number of nitrogens with zero attached hydrogens (tertiary/aromatic N) is 1. The van der Waals surface area contributed by atoms with E-state index < -0.39 is 0 Å². The van der Waals surface area contributed by atoms with Crippen molar-refractivity contribution in [3.63, 3.8) is 0 Å². The summed E-state index contributed by atoms with van der Waals surface area (Å²) in [4.78, 5) is 0. The van der Waals surface area contributed by atoms with Crippen molar-refractivity contribution in [1.82, 2.24) is 0 Å². The van der Waals surface area contributed by atoms with Crippen LogP contribution in [0.15, 0.2) is 24.3 Å². The van der Waals surface area contributed by atoms with Crippen molar-refractivity contribution < 1.29 is 0 Å². The van der Waals surface area contributed by atoms with Crippen molar-refractivity contribution in [2.75, 3.05) is 0 Å². The molecule has 1 saturated carbocycles. The fourth-order valence-electron chi connectivity index (χ4n) is 3.00. The maximum Gasteiger partial charge on any atom is 0.0693 e. The minimum absolute atomic E-state index is 0.156. The van der Waals surface area contributed by atoms with Gasteiger partial charge in [-0.15, -0.1) is 0 Å². The first-order valence-corrected chi connectivity index (χ1v) is 7.21.